The Balaban J connectivity index is 2.49. The quantitative estimate of drug-likeness (QED) is 0.684. The summed E-state index contributed by atoms with van der Waals surface area (Å²) >= 11 is 6.20. The lowest BCUT2D eigenvalue weighted by atomic mass is 9.94. The maximum Gasteiger partial charge on any atom is 0.165 e. The lowest BCUT2D eigenvalue weighted by molar-refractivity contribution is 0.0973. The van der Waals surface area contributed by atoms with Gasteiger partial charge in [0.1, 0.15) is 0 Å². The maximum atomic E-state index is 12.0. The molecule has 16 heavy (non-hydrogen) atoms. The van der Waals surface area contributed by atoms with Crippen LogP contribution in [0.4, 0.5) is 0 Å². The van der Waals surface area contributed by atoms with Gasteiger partial charge >= 0.3 is 0 Å². The fourth-order valence-electron chi connectivity index (χ4n) is 2.66. The number of halogens is 1. The monoisotopic (exact) mass is 233 g/mol. The van der Waals surface area contributed by atoms with E-state index in [1.807, 2.05) is 25.2 Å². The molecule has 0 amide bonds. The highest BCUT2D eigenvalue weighted by molar-refractivity contribution is 6.35. The molecular formula is C13H12ClNO. The Bertz CT molecular complexity index is 597. The van der Waals surface area contributed by atoms with Crippen LogP contribution in [0.2, 0.25) is 5.02 Å². The first kappa shape index (κ1) is 9.91. The molecule has 1 aliphatic rings. The van der Waals surface area contributed by atoms with Gasteiger partial charge in [-0.1, -0.05) is 23.7 Å². The van der Waals surface area contributed by atoms with E-state index >= 15 is 0 Å². The van der Waals surface area contributed by atoms with Crippen molar-refractivity contribution in [1.29, 1.82) is 0 Å². The fraction of sp³-hybridized carbons (Fsp3) is 0.308. The van der Waals surface area contributed by atoms with Crippen molar-refractivity contribution in [3.63, 3.8) is 0 Å². The summed E-state index contributed by atoms with van der Waals surface area (Å²) in [5.74, 6) is 0.258. The Labute approximate surface area is 98.8 Å². The third-order valence-electron chi connectivity index (χ3n) is 3.38. The molecule has 3 heteroatoms. The number of para-hydroxylation sites is 1. The molecule has 82 valence electrons. The van der Waals surface area contributed by atoms with Gasteiger partial charge in [-0.2, -0.15) is 0 Å². The van der Waals surface area contributed by atoms with Crippen LogP contribution in [0.15, 0.2) is 18.2 Å². The molecule has 0 saturated heterocycles. The number of Topliss-reactive ketones (excluding diaryl/α,β-unsaturated/α-hetero) is 1. The summed E-state index contributed by atoms with van der Waals surface area (Å²) in [6.45, 7) is 0. The zero-order valence-electron chi connectivity index (χ0n) is 9.09. The van der Waals surface area contributed by atoms with E-state index in [1.54, 1.807) is 0 Å². The van der Waals surface area contributed by atoms with Crippen molar-refractivity contribution < 1.29 is 4.79 Å². The minimum absolute atomic E-state index is 0.258. The van der Waals surface area contributed by atoms with Crippen LogP contribution in [0.3, 0.4) is 0 Å². The number of hydrogen-bond acceptors (Lipinski definition) is 1. The molecule has 0 spiro atoms. The molecule has 3 rings (SSSR count). The predicted octanol–water partition coefficient (Wildman–Crippen LogP) is 3.35. The number of aryl methyl sites for hydroxylation is 1. The number of benzene rings is 1. The Kier molecular flexibility index (Phi) is 2.08. The van der Waals surface area contributed by atoms with Crippen LogP contribution in [0.1, 0.15) is 28.9 Å². The number of carbonyl (C=O) groups excluding carboxylic acids is 1. The van der Waals surface area contributed by atoms with E-state index in [-0.39, 0.29) is 5.78 Å². The zero-order chi connectivity index (χ0) is 11.3. The summed E-state index contributed by atoms with van der Waals surface area (Å²) in [4.78, 5) is 12.0. The predicted molar refractivity (Wildman–Crippen MR) is 65.2 cm³/mol. The Morgan fingerprint density at radius 3 is 2.94 bits per heavy atom. The molecular weight excluding hydrogens is 222 g/mol. The van der Waals surface area contributed by atoms with Gasteiger partial charge in [-0.3, -0.25) is 4.79 Å². The van der Waals surface area contributed by atoms with Gasteiger partial charge in [-0.25, -0.2) is 0 Å². The molecule has 1 heterocycles. The molecule has 0 saturated carbocycles. The van der Waals surface area contributed by atoms with Crippen molar-refractivity contribution in [1.82, 2.24) is 4.57 Å². The number of carbonyl (C=O) groups is 1. The van der Waals surface area contributed by atoms with Crippen molar-refractivity contribution in [3.05, 3.63) is 34.5 Å². The second-order valence-electron chi connectivity index (χ2n) is 4.29. The van der Waals surface area contributed by atoms with Crippen LogP contribution in [0.5, 0.6) is 0 Å². The van der Waals surface area contributed by atoms with Crippen LogP contribution in [-0.4, -0.2) is 10.4 Å². The second kappa shape index (κ2) is 3.36. The van der Waals surface area contributed by atoms with E-state index < -0.39 is 0 Å². The lowest BCUT2D eigenvalue weighted by Crippen LogP contribution is -2.11. The number of ketones is 1. The van der Waals surface area contributed by atoms with Crippen molar-refractivity contribution in [2.45, 2.75) is 19.3 Å². The van der Waals surface area contributed by atoms with E-state index in [0.29, 0.717) is 6.42 Å². The van der Waals surface area contributed by atoms with Crippen molar-refractivity contribution >= 4 is 28.3 Å². The average Bonchev–Trinajstić information content (AvgIpc) is 2.56. The molecule has 0 N–H and O–H groups in total. The number of rotatable bonds is 0. The summed E-state index contributed by atoms with van der Waals surface area (Å²) in [6, 6.07) is 5.77. The van der Waals surface area contributed by atoms with Gasteiger partial charge in [0.05, 0.1) is 10.5 Å². The van der Waals surface area contributed by atoms with Gasteiger partial charge in [0.2, 0.25) is 0 Å². The minimum Gasteiger partial charge on any atom is -0.346 e. The van der Waals surface area contributed by atoms with Crippen molar-refractivity contribution in [2.24, 2.45) is 7.05 Å². The van der Waals surface area contributed by atoms with Crippen molar-refractivity contribution in [2.75, 3.05) is 0 Å². The summed E-state index contributed by atoms with van der Waals surface area (Å²) in [5, 5.41) is 1.73. The van der Waals surface area contributed by atoms with Crippen LogP contribution >= 0.6 is 11.6 Å². The van der Waals surface area contributed by atoms with Crippen LogP contribution in [0.25, 0.3) is 10.9 Å². The summed E-state index contributed by atoms with van der Waals surface area (Å²) < 4.78 is 2.07. The second-order valence-corrected chi connectivity index (χ2v) is 4.70. The first-order chi connectivity index (χ1) is 7.70. The van der Waals surface area contributed by atoms with Crippen molar-refractivity contribution in [3.8, 4) is 0 Å². The maximum absolute atomic E-state index is 12.0. The number of hydrogen-bond donors (Lipinski definition) is 0. The Hall–Kier alpha value is -1.28. The lowest BCUT2D eigenvalue weighted by Gasteiger charge is -2.12. The largest absolute Gasteiger partial charge is 0.346 e. The molecule has 2 aromatic rings. The van der Waals surface area contributed by atoms with Gasteiger partial charge < -0.3 is 4.57 Å². The third kappa shape index (κ3) is 1.17. The smallest absolute Gasteiger partial charge is 0.165 e. The molecule has 1 aromatic carbocycles. The number of fused-ring (bicyclic) bond motifs is 3. The first-order valence-electron chi connectivity index (χ1n) is 5.49. The first-order valence-corrected chi connectivity index (χ1v) is 5.87. The van der Waals surface area contributed by atoms with Gasteiger partial charge in [-0.05, 0) is 18.9 Å². The van der Waals surface area contributed by atoms with Crippen LogP contribution in [0, 0.1) is 0 Å². The molecule has 0 aliphatic heterocycles. The molecule has 2 nitrogen and oxygen atoms in total. The minimum atomic E-state index is 0.258. The molecule has 0 bridgehead atoms. The highest BCUT2D eigenvalue weighted by atomic mass is 35.5. The molecule has 0 fully saturated rings. The Morgan fingerprint density at radius 2 is 2.12 bits per heavy atom. The molecule has 1 aromatic heterocycles. The highest BCUT2D eigenvalue weighted by Gasteiger charge is 2.25. The number of aromatic nitrogens is 1. The van der Waals surface area contributed by atoms with E-state index in [1.165, 1.54) is 0 Å². The topological polar surface area (TPSA) is 22.0 Å². The molecule has 0 atom stereocenters. The van der Waals surface area contributed by atoms with Gasteiger partial charge in [0.25, 0.3) is 0 Å². The summed E-state index contributed by atoms with van der Waals surface area (Å²) in [6.07, 6.45) is 2.59. The molecule has 1 aliphatic carbocycles. The normalized spacial score (nSPS) is 15.5. The van der Waals surface area contributed by atoms with E-state index in [0.717, 1.165) is 40.0 Å². The standard InChI is InChI=1S/C13H12ClNO/c1-15-10-6-3-7-11(16)12(10)8-4-2-5-9(14)13(8)15/h2,4-5H,3,6-7H2,1H3. The van der Waals surface area contributed by atoms with Crippen LogP contribution in [-0.2, 0) is 13.5 Å². The molecule has 0 unspecified atom stereocenters. The number of nitrogens with zero attached hydrogens (tertiary/aromatic N) is 1. The molecule has 0 radical (unpaired) electrons. The van der Waals surface area contributed by atoms with Crippen LogP contribution < -0.4 is 0 Å². The van der Waals surface area contributed by atoms with E-state index in [9.17, 15) is 4.79 Å². The highest BCUT2D eigenvalue weighted by Crippen LogP contribution is 2.34. The fourth-order valence-corrected chi connectivity index (χ4v) is 2.96. The van der Waals surface area contributed by atoms with E-state index in [2.05, 4.69) is 4.57 Å². The average molecular weight is 234 g/mol. The third-order valence-corrected chi connectivity index (χ3v) is 3.69. The SMILES string of the molecule is Cn1c2c(c3cccc(Cl)c31)C(=O)CCC2. The summed E-state index contributed by atoms with van der Waals surface area (Å²) in [7, 11) is 1.99. The Morgan fingerprint density at radius 1 is 1.31 bits per heavy atom. The van der Waals surface area contributed by atoms with Gasteiger partial charge in [0.15, 0.2) is 5.78 Å². The van der Waals surface area contributed by atoms with Gasteiger partial charge in [-0.15, -0.1) is 0 Å². The van der Waals surface area contributed by atoms with E-state index in [4.69, 9.17) is 11.6 Å². The summed E-state index contributed by atoms with van der Waals surface area (Å²) in [5.41, 5.74) is 3.02. The van der Waals surface area contributed by atoms with Gasteiger partial charge in [0, 0.05) is 30.1 Å². The zero-order valence-corrected chi connectivity index (χ0v) is 9.84.